The predicted molar refractivity (Wildman–Crippen MR) is 37.8 cm³/mol. The SMILES string of the molecule is C=C[C](O)N1CCOCC1. The summed E-state index contributed by atoms with van der Waals surface area (Å²) in [5, 5.41) is 9.15. The van der Waals surface area contributed by atoms with Crippen molar-refractivity contribution in [2.45, 2.75) is 0 Å². The zero-order chi connectivity index (χ0) is 7.40. The summed E-state index contributed by atoms with van der Waals surface area (Å²) < 4.78 is 5.09. The van der Waals surface area contributed by atoms with Crippen LogP contribution in [0.4, 0.5) is 0 Å². The Balaban J connectivity index is 2.30. The third-order valence-corrected chi connectivity index (χ3v) is 1.52. The average Bonchev–Trinajstić information content (AvgIpc) is 2.05. The van der Waals surface area contributed by atoms with Crippen molar-refractivity contribution in [3.05, 3.63) is 18.9 Å². The number of rotatable bonds is 2. The van der Waals surface area contributed by atoms with E-state index in [9.17, 15) is 0 Å². The van der Waals surface area contributed by atoms with Gasteiger partial charge in [-0.05, 0) is 6.08 Å². The van der Waals surface area contributed by atoms with Crippen molar-refractivity contribution in [1.29, 1.82) is 0 Å². The lowest BCUT2D eigenvalue weighted by molar-refractivity contribution is 0.0110. The topological polar surface area (TPSA) is 32.7 Å². The van der Waals surface area contributed by atoms with Crippen LogP contribution in [0.3, 0.4) is 0 Å². The molecule has 1 N–H and O–H groups in total. The van der Waals surface area contributed by atoms with Crippen molar-refractivity contribution in [2.24, 2.45) is 0 Å². The number of aliphatic hydroxyl groups excluding tert-OH is 1. The summed E-state index contributed by atoms with van der Waals surface area (Å²) in [5.41, 5.74) is 0. The molecule has 57 valence electrons. The highest BCUT2D eigenvalue weighted by Gasteiger charge is 2.16. The van der Waals surface area contributed by atoms with E-state index >= 15 is 0 Å². The number of nitrogens with zero attached hydrogens (tertiary/aromatic N) is 1. The van der Waals surface area contributed by atoms with Crippen molar-refractivity contribution < 1.29 is 9.84 Å². The van der Waals surface area contributed by atoms with Crippen molar-refractivity contribution in [2.75, 3.05) is 26.3 Å². The lowest BCUT2D eigenvalue weighted by Gasteiger charge is -2.27. The van der Waals surface area contributed by atoms with E-state index in [4.69, 9.17) is 9.84 Å². The summed E-state index contributed by atoms with van der Waals surface area (Å²) in [7, 11) is 0. The third-order valence-electron chi connectivity index (χ3n) is 1.52. The van der Waals surface area contributed by atoms with Crippen molar-refractivity contribution in [1.82, 2.24) is 4.90 Å². The number of hydrogen-bond donors (Lipinski definition) is 1. The summed E-state index contributed by atoms with van der Waals surface area (Å²) >= 11 is 0. The molecule has 0 spiro atoms. The molecule has 1 heterocycles. The first-order valence-corrected chi connectivity index (χ1v) is 3.35. The van der Waals surface area contributed by atoms with Crippen LogP contribution in [-0.4, -0.2) is 36.3 Å². The molecule has 0 aromatic heterocycles. The van der Waals surface area contributed by atoms with Gasteiger partial charge in [-0.1, -0.05) is 6.58 Å². The second-order valence-electron chi connectivity index (χ2n) is 2.16. The normalized spacial score (nSPS) is 21.4. The van der Waals surface area contributed by atoms with E-state index in [1.165, 1.54) is 6.08 Å². The smallest absolute Gasteiger partial charge is 0.184 e. The van der Waals surface area contributed by atoms with Crippen LogP contribution < -0.4 is 0 Å². The van der Waals surface area contributed by atoms with Crippen LogP contribution in [0.25, 0.3) is 0 Å². The highest BCUT2D eigenvalue weighted by atomic mass is 16.5. The minimum absolute atomic E-state index is 0.253. The zero-order valence-corrected chi connectivity index (χ0v) is 5.92. The van der Waals surface area contributed by atoms with E-state index in [1.807, 2.05) is 4.90 Å². The Bertz CT molecular complexity index is 110. The Hall–Kier alpha value is -0.380. The van der Waals surface area contributed by atoms with Gasteiger partial charge in [0, 0.05) is 13.1 Å². The second kappa shape index (κ2) is 3.71. The fourth-order valence-corrected chi connectivity index (χ4v) is 0.922. The molecule has 0 saturated carbocycles. The maximum absolute atomic E-state index is 9.15. The number of aliphatic hydroxyl groups is 1. The molecule has 3 nitrogen and oxygen atoms in total. The van der Waals surface area contributed by atoms with Crippen molar-refractivity contribution >= 4 is 0 Å². The minimum atomic E-state index is 0.253. The third kappa shape index (κ3) is 1.80. The first-order valence-electron chi connectivity index (χ1n) is 3.35. The van der Waals surface area contributed by atoms with E-state index in [-0.39, 0.29) is 6.23 Å². The van der Waals surface area contributed by atoms with Gasteiger partial charge >= 0.3 is 0 Å². The summed E-state index contributed by atoms with van der Waals surface area (Å²) in [6.45, 7) is 6.37. The predicted octanol–water partition coefficient (Wildman–Crippen LogP) is 0.367. The van der Waals surface area contributed by atoms with E-state index in [1.54, 1.807) is 0 Å². The van der Waals surface area contributed by atoms with Crippen LogP contribution in [0.5, 0.6) is 0 Å². The monoisotopic (exact) mass is 142 g/mol. The Morgan fingerprint density at radius 3 is 2.60 bits per heavy atom. The van der Waals surface area contributed by atoms with Crippen LogP contribution in [0.2, 0.25) is 0 Å². The Morgan fingerprint density at radius 2 is 2.10 bits per heavy atom. The van der Waals surface area contributed by atoms with Gasteiger partial charge in [0.2, 0.25) is 0 Å². The van der Waals surface area contributed by atoms with Gasteiger partial charge in [-0.2, -0.15) is 0 Å². The summed E-state index contributed by atoms with van der Waals surface area (Å²) in [6.07, 6.45) is 1.70. The van der Waals surface area contributed by atoms with Gasteiger partial charge in [0.25, 0.3) is 0 Å². The zero-order valence-electron chi connectivity index (χ0n) is 5.92. The molecule has 0 unspecified atom stereocenters. The molecule has 3 heteroatoms. The van der Waals surface area contributed by atoms with Gasteiger partial charge in [0.1, 0.15) is 0 Å². The van der Waals surface area contributed by atoms with Gasteiger partial charge in [-0.15, -0.1) is 0 Å². The van der Waals surface area contributed by atoms with Crippen LogP contribution >= 0.6 is 0 Å². The first kappa shape index (κ1) is 7.72. The van der Waals surface area contributed by atoms with Crippen LogP contribution in [0, 0.1) is 6.23 Å². The van der Waals surface area contributed by atoms with Crippen LogP contribution in [0.1, 0.15) is 0 Å². The molecule has 1 aliphatic heterocycles. The highest BCUT2D eigenvalue weighted by molar-refractivity contribution is 4.95. The fourth-order valence-electron chi connectivity index (χ4n) is 0.922. The Labute approximate surface area is 60.9 Å². The van der Waals surface area contributed by atoms with E-state index in [0.29, 0.717) is 13.2 Å². The molecule has 10 heavy (non-hydrogen) atoms. The quantitative estimate of drug-likeness (QED) is 0.604. The van der Waals surface area contributed by atoms with Gasteiger partial charge < -0.3 is 9.84 Å². The highest BCUT2D eigenvalue weighted by Crippen LogP contribution is 2.07. The number of morpholine rings is 1. The van der Waals surface area contributed by atoms with Gasteiger partial charge in [0.15, 0.2) is 6.23 Å². The van der Waals surface area contributed by atoms with Crippen molar-refractivity contribution in [3.63, 3.8) is 0 Å². The largest absolute Gasteiger partial charge is 0.379 e. The van der Waals surface area contributed by atoms with Gasteiger partial charge in [-0.25, -0.2) is 0 Å². The van der Waals surface area contributed by atoms with E-state index in [0.717, 1.165) is 13.1 Å². The standard InChI is InChI=1S/C7H12NO2/c1-2-7(9)8-3-5-10-6-4-8/h2,9H,1,3-6H2. The maximum Gasteiger partial charge on any atom is 0.184 e. The average molecular weight is 142 g/mol. The molecule has 0 atom stereocenters. The van der Waals surface area contributed by atoms with E-state index in [2.05, 4.69) is 6.58 Å². The molecular formula is C7H12NO2. The van der Waals surface area contributed by atoms with Crippen LogP contribution in [0.15, 0.2) is 12.7 Å². The minimum Gasteiger partial charge on any atom is -0.379 e. The Morgan fingerprint density at radius 1 is 1.50 bits per heavy atom. The maximum atomic E-state index is 9.15. The van der Waals surface area contributed by atoms with Crippen LogP contribution in [-0.2, 0) is 4.74 Å². The fraction of sp³-hybridized carbons (Fsp3) is 0.571. The molecule has 1 fully saturated rings. The lowest BCUT2D eigenvalue weighted by atomic mass is 10.4. The number of hydrogen-bond acceptors (Lipinski definition) is 3. The molecule has 1 rings (SSSR count). The molecule has 1 radical (unpaired) electrons. The molecule has 0 aliphatic carbocycles. The van der Waals surface area contributed by atoms with Crippen molar-refractivity contribution in [3.8, 4) is 0 Å². The molecule has 0 aromatic rings. The lowest BCUT2D eigenvalue weighted by Crippen LogP contribution is -2.38. The molecule has 0 bridgehead atoms. The molecule has 0 aromatic carbocycles. The summed E-state index contributed by atoms with van der Waals surface area (Å²) in [4.78, 5) is 1.84. The first-order chi connectivity index (χ1) is 4.84. The second-order valence-corrected chi connectivity index (χ2v) is 2.16. The molecule has 1 saturated heterocycles. The van der Waals surface area contributed by atoms with Gasteiger partial charge in [-0.3, -0.25) is 4.90 Å². The molecular weight excluding hydrogens is 130 g/mol. The van der Waals surface area contributed by atoms with Gasteiger partial charge in [0.05, 0.1) is 13.2 Å². The molecule has 0 amide bonds. The van der Waals surface area contributed by atoms with E-state index < -0.39 is 0 Å². The Kier molecular flexibility index (Phi) is 2.86. The summed E-state index contributed by atoms with van der Waals surface area (Å²) in [6, 6.07) is 0. The molecule has 1 aliphatic rings. The summed E-state index contributed by atoms with van der Waals surface area (Å²) in [5.74, 6) is 0. The number of ether oxygens (including phenoxy) is 1.